The first-order valence-electron chi connectivity index (χ1n) is 23.6. The summed E-state index contributed by atoms with van der Waals surface area (Å²) in [4.78, 5) is 23.1. The molecule has 0 aliphatic rings. The maximum Gasteiger partial charge on any atom is 0.472 e. The number of rotatable bonds is 41. The van der Waals surface area contributed by atoms with Gasteiger partial charge in [-0.1, -0.05) is 175 Å². The monoisotopic (exact) mass is 858 g/mol. The number of nitrogens with zero attached hydrogens (tertiary/aromatic N) is 1. The smallest absolute Gasteiger partial charge is 0.387 e. The molecule has 3 N–H and O–H groups in total. The summed E-state index contributed by atoms with van der Waals surface area (Å²) in [5.74, 6) is -0.200. The molecule has 0 saturated heterocycles. The van der Waals surface area contributed by atoms with E-state index >= 15 is 0 Å². The first kappa shape index (κ1) is 57.4. The maximum atomic E-state index is 12.9. The molecule has 8 nitrogen and oxygen atoms in total. The van der Waals surface area contributed by atoms with Crippen molar-refractivity contribution in [3.63, 3.8) is 0 Å². The molecule has 0 aromatic rings. The Morgan fingerprint density at radius 2 is 1.02 bits per heavy atom. The number of nitrogens with one attached hydrogen (secondary N) is 1. The molecule has 3 unspecified atom stereocenters. The number of unbranched alkanes of at least 4 members (excludes halogenated alkanes) is 14. The number of amides is 1. The second kappa shape index (κ2) is 41.8. The topological polar surface area (TPSA) is 105 Å². The molecule has 60 heavy (non-hydrogen) atoms. The quantitative estimate of drug-likeness (QED) is 0.0245. The Hall–Kier alpha value is -2.58. The SMILES string of the molecule is CC/C=C\C/C=C\C/C=C\C/C=C\C/C=C\C/C=C\CCCCCCCCCCCCC(=O)NC(COP(=O)(O)OCC[N+](C)(C)C)C(O)/C=C/CC/C=C/CCCCC. The highest BCUT2D eigenvalue weighted by Crippen LogP contribution is 2.43. The lowest BCUT2D eigenvalue weighted by Crippen LogP contribution is -2.45. The number of hydrogen-bond acceptors (Lipinski definition) is 5. The zero-order valence-electron chi connectivity index (χ0n) is 38.9. The van der Waals surface area contributed by atoms with Crippen LogP contribution >= 0.6 is 7.82 Å². The Kier molecular flexibility index (Phi) is 40.0. The molecular weight excluding hydrogens is 768 g/mol. The molecule has 0 aliphatic heterocycles. The maximum absolute atomic E-state index is 12.9. The molecule has 0 fully saturated rings. The van der Waals surface area contributed by atoms with Crippen LogP contribution in [-0.2, 0) is 18.4 Å². The summed E-state index contributed by atoms with van der Waals surface area (Å²) in [6.45, 7) is 4.59. The minimum Gasteiger partial charge on any atom is -0.387 e. The third-order valence-corrected chi connectivity index (χ3v) is 10.8. The van der Waals surface area contributed by atoms with Gasteiger partial charge in [-0.2, -0.15) is 0 Å². The third-order valence-electron chi connectivity index (χ3n) is 9.79. The van der Waals surface area contributed by atoms with Gasteiger partial charge in [0.25, 0.3) is 0 Å². The summed E-state index contributed by atoms with van der Waals surface area (Å²) in [6, 6.07) is -0.869. The highest BCUT2D eigenvalue weighted by atomic mass is 31.2. The lowest BCUT2D eigenvalue weighted by atomic mass is 10.0. The molecule has 0 bridgehead atoms. The van der Waals surface area contributed by atoms with Crippen LogP contribution in [0, 0.1) is 0 Å². The molecule has 1 amide bonds. The molecule has 9 heteroatoms. The van der Waals surface area contributed by atoms with Crippen molar-refractivity contribution in [1.29, 1.82) is 0 Å². The number of phosphoric acid groups is 1. The molecule has 0 spiro atoms. The van der Waals surface area contributed by atoms with Crippen molar-refractivity contribution in [1.82, 2.24) is 5.32 Å². The second-order valence-corrected chi connectivity index (χ2v) is 18.2. The molecule has 0 aliphatic carbocycles. The first-order chi connectivity index (χ1) is 29.0. The van der Waals surface area contributed by atoms with Crippen LogP contribution in [0.4, 0.5) is 0 Å². The van der Waals surface area contributed by atoms with E-state index < -0.39 is 20.0 Å². The molecule has 0 saturated carbocycles. The van der Waals surface area contributed by atoms with Gasteiger partial charge in [0.1, 0.15) is 13.2 Å². The van der Waals surface area contributed by atoms with Gasteiger partial charge in [0.05, 0.1) is 39.9 Å². The summed E-state index contributed by atoms with van der Waals surface area (Å²) in [5.41, 5.74) is 0. The van der Waals surface area contributed by atoms with Gasteiger partial charge in [-0.05, 0) is 83.5 Å². The summed E-state index contributed by atoms with van der Waals surface area (Å²) in [7, 11) is 1.53. The number of phosphoric ester groups is 1. The van der Waals surface area contributed by atoms with Crippen LogP contribution in [-0.4, -0.2) is 73.4 Å². The fourth-order valence-electron chi connectivity index (χ4n) is 6.06. The van der Waals surface area contributed by atoms with Gasteiger partial charge in [-0.25, -0.2) is 4.57 Å². The van der Waals surface area contributed by atoms with Crippen molar-refractivity contribution in [3.8, 4) is 0 Å². The molecule has 0 aromatic carbocycles. The van der Waals surface area contributed by atoms with Crippen LogP contribution in [0.25, 0.3) is 0 Å². The average molecular weight is 858 g/mol. The van der Waals surface area contributed by atoms with Gasteiger partial charge in [-0.15, -0.1) is 0 Å². The van der Waals surface area contributed by atoms with Crippen molar-refractivity contribution >= 4 is 13.7 Å². The summed E-state index contributed by atoms with van der Waals surface area (Å²) < 4.78 is 23.5. The number of carbonyl (C=O) groups excluding carboxylic acids is 1. The largest absolute Gasteiger partial charge is 0.472 e. The van der Waals surface area contributed by atoms with E-state index in [2.05, 4.69) is 104 Å². The fourth-order valence-corrected chi connectivity index (χ4v) is 6.79. The van der Waals surface area contributed by atoms with E-state index in [0.29, 0.717) is 17.4 Å². The van der Waals surface area contributed by atoms with Crippen molar-refractivity contribution in [2.45, 2.75) is 180 Å². The number of aliphatic hydroxyl groups is 1. The summed E-state index contributed by atoms with van der Waals surface area (Å²) in [5, 5.41) is 13.7. The molecule has 344 valence electrons. The Balaban J connectivity index is 4.18. The van der Waals surface area contributed by atoms with Gasteiger partial charge in [-0.3, -0.25) is 13.8 Å². The van der Waals surface area contributed by atoms with Gasteiger partial charge in [0.2, 0.25) is 5.91 Å². The van der Waals surface area contributed by atoms with E-state index in [4.69, 9.17) is 9.05 Å². The highest BCUT2D eigenvalue weighted by Gasteiger charge is 2.27. The van der Waals surface area contributed by atoms with E-state index in [1.807, 2.05) is 27.2 Å². The number of aliphatic hydroxyl groups excluding tert-OH is 1. The molecular formula is C51H90N2O6P+. The van der Waals surface area contributed by atoms with Crippen LogP contribution in [0.1, 0.15) is 168 Å². The standard InChI is InChI=1S/C51H89N2O6P/c1-6-8-10-12-14-16-17-18-19-20-21-22-23-24-25-26-27-28-29-30-31-32-33-34-35-37-39-41-43-45-51(55)52-49(48-59-60(56,57)58-47-46-53(3,4)5)50(54)44-42-40-38-36-15-13-11-9-7-2/h8,10,14-16,18-19,21-22,24-25,27-28,36,42,44,49-50,54H,6-7,9,11-13,17,20,23,26,29-35,37-41,43,45-48H2,1-5H3,(H-,52,55,56,57)/p+1/b10-8-,16-14-,19-18-,22-21-,25-24-,28-27-,36-15+,44-42+. The third kappa shape index (κ3) is 43.5. The number of hydrogen-bond donors (Lipinski definition) is 3. The van der Waals surface area contributed by atoms with Crippen LogP contribution in [0.3, 0.4) is 0 Å². The molecule has 0 aromatic heterocycles. The summed E-state index contributed by atoms with van der Waals surface area (Å²) >= 11 is 0. The van der Waals surface area contributed by atoms with Gasteiger partial charge < -0.3 is 19.8 Å². The Labute approximate surface area is 369 Å². The van der Waals surface area contributed by atoms with E-state index in [-0.39, 0.29) is 19.1 Å². The highest BCUT2D eigenvalue weighted by molar-refractivity contribution is 7.47. The van der Waals surface area contributed by atoms with E-state index in [0.717, 1.165) is 83.5 Å². The van der Waals surface area contributed by atoms with Gasteiger partial charge >= 0.3 is 7.82 Å². The number of quaternary nitrogens is 1. The van der Waals surface area contributed by atoms with Crippen molar-refractivity contribution in [2.24, 2.45) is 0 Å². The van der Waals surface area contributed by atoms with E-state index in [9.17, 15) is 19.4 Å². The number of likely N-dealkylation sites (N-methyl/N-ethyl adjacent to an activating group) is 1. The number of carbonyl (C=O) groups is 1. The Bertz CT molecular complexity index is 1290. The zero-order valence-corrected chi connectivity index (χ0v) is 39.8. The Morgan fingerprint density at radius 1 is 0.583 bits per heavy atom. The average Bonchev–Trinajstić information content (AvgIpc) is 3.20. The molecule has 0 heterocycles. The zero-order chi connectivity index (χ0) is 44.3. The normalized spacial score (nSPS) is 15.1. The lowest BCUT2D eigenvalue weighted by Gasteiger charge is -2.25. The minimum atomic E-state index is -4.35. The predicted molar refractivity (Wildman–Crippen MR) is 258 cm³/mol. The van der Waals surface area contributed by atoms with Crippen LogP contribution in [0.5, 0.6) is 0 Å². The summed E-state index contributed by atoms with van der Waals surface area (Å²) in [6.07, 6.45) is 59.3. The molecule has 0 rings (SSSR count). The number of allylic oxidation sites excluding steroid dienone is 15. The van der Waals surface area contributed by atoms with Crippen molar-refractivity contribution in [2.75, 3.05) is 40.9 Å². The van der Waals surface area contributed by atoms with E-state index in [1.54, 1.807) is 6.08 Å². The predicted octanol–water partition coefficient (Wildman–Crippen LogP) is 13.5. The molecule has 3 atom stereocenters. The minimum absolute atomic E-state index is 0.0501. The first-order valence-corrected chi connectivity index (χ1v) is 25.1. The van der Waals surface area contributed by atoms with Crippen molar-refractivity contribution < 1.29 is 32.9 Å². The fraction of sp³-hybridized carbons (Fsp3) is 0.667. The van der Waals surface area contributed by atoms with Crippen LogP contribution < -0.4 is 5.32 Å². The van der Waals surface area contributed by atoms with Gasteiger partial charge in [0, 0.05) is 6.42 Å². The lowest BCUT2D eigenvalue weighted by molar-refractivity contribution is -0.870. The van der Waals surface area contributed by atoms with Crippen LogP contribution in [0.2, 0.25) is 0 Å². The van der Waals surface area contributed by atoms with Crippen molar-refractivity contribution in [3.05, 3.63) is 97.2 Å². The second-order valence-electron chi connectivity index (χ2n) is 16.7. The Morgan fingerprint density at radius 3 is 1.53 bits per heavy atom. The van der Waals surface area contributed by atoms with E-state index in [1.165, 1.54) is 64.2 Å². The van der Waals surface area contributed by atoms with Gasteiger partial charge in [0.15, 0.2) is 0 Å². The molecule has 0 radical (unpaired) electrons. The van der Waals surface area contributed by atoms with Crippen LogP contribution in [0.15, 0.2) is 97.2 Å².